The van der Waals surface area contributed by atoms with Crippen LogP contribution in [-0.4, -0.2) is 46.4 Å². The largest absolute Gasteiger partial charge is 0.360 e. The molecule has 6 nitrogen and oxygen atoms in total. The molecule has 0 N–H and O–H groups in total. The Morgan fingerprint density at radius 1 is 1.56 bits per heavy atom. The molecule has 18 heavy (non-hydrogen) atoms. The van der Waals surface area contributed by atoms with Gasteiger partial charge in [0.1, 0.15) is 0 Å². The molecule has 96 valence electrons. The van der Waals surface area contributed by atoms with E-state index >= 15 is 0 Å². The smallest absolute Gasteiger partial charge is 0.257 e. The van der Waals surface area contributed by atoms with Crippen molar-refractivity contribution >= 4 is 5.91 Å². The Balaban J connectivity index is 2.24. The molecule has 0 radical (unpaired) electrons. The van der Waals surface area contributed by atoms with E-state index in [2.05, 4.69) is 5.10 Å². The zero-order valence-electron chi connectivity index (χ0n) is 10.8. The van der Waals surface area contributed by atoms with E-state index in [0.29, 0.717) is 25.3 Å². The number of hydrogen-bond acceptors (Lipinski definition) is 4. The van der Waals surface area contributed by atoms with Gasteiger partial charge in [-0.1, -0.05) is 0 Å². The van der Waals surface area contributed by atoms with E-state index in [1.165, 1.54) is 0 Å². The first kappa shape index (κ1) is 12.6. The maximum atomic E-state index is 12.4. The van der Waals surface area contributed by atoms with E-state index in [0.717, 1.165) is 11.4 Å². The monoisotopic (exact) mass is 248 g/mol. The lowest BCUT2D eigenvalue weighted by molar-refractivity contribution is 0.00339. The number of carbonyl (C=O) groups excluding carboxylic acids is 1. The van der Waals surface area contributed by atoms with Gasteiger partial charge in [-0.3, -0.25) is 9.48 Å². The average Bonchev–Trinajstić information content (AvgIpc) is 2.62. The third kappa shape index (κ3) is 2.09. The van der Waals surface area contributed by atoms with Crippen LogP contribution in [0.3, 0.4) is 0 Å². The van der Waals surface area contributed by atoms with Crippen LogP contribution in [0.1, 0.15) is 21.7 Å². The summed E-state index contributed by atoms with van der Waals surface area (Å²) in [6.45, 7) is 4.94. The first-order chi connectivity index (χ1) is 8.54. The van der Waals surface area contributed by atoms with Crippen molar-refractivity contribution in [2.45, 2.75) is 20.0 Å². The van der Waals surface area contributed by atoms with Gasteiger partial charge in [-0.15, -0.1) is 0 Å². The Bertz CT molecular complexity index is 515. The van der Waals surface area contributed by atoms with Crippen molar-refractivity contribution in [2.24, 2.45) is 7.05 Å². The SMILES string of the molecule is Cc1nn(C)c(C)c1C(=O)N1CCOC(C#N)C1. The molecule has 1 atom stereocenters. The molecule has 1 amide bonds. The van der Waals surface area contributed by atoms with E-state index in [1.54, 1.807) is 9.58 Å². The average molecular weight is 248 g/mol. The van der Waals surface area contributed by atoms with Crippen molar-refractivity contribution in [3.8, 4) is 6.07 Å². The summed E-state index contributed by atoms with van der Waals surface area (Å²) in [6.07, 6.45) is -0.528. The van der Waals surface area contributed by atoms with Crippen LogP contribution in [0.25, 0.3) is 0 Å². The molecule has 0 spiro atoms. The maximum Gasteiger partial charge on any atom is 0.257 e. The van der Waals surface area contributed by atoms with Gasteiger partial charge < -0.3 is 9.64 Å². The second-order valence-electron chi connectivity index (χ2n) is 4.41. The number of aryl methyl sites for hydroxylation is 2. The second kappa shape index (κ2) is 4.78. The third-order valence-corrected chi connectivity index (χ3v) is 3.22. The van der Waals surface area contributed by atoms with Crippen LogP contribution in [0, 0.1) is 25.2 Å². The van der Waals surface area contributed by atoms with Crippen LogP contribution in [0.5, 0.6) is 0 Å². The standard InChI is InChI=1S/C12H16N4O2/c1-8-11(9(2)15(3)14-8)12(17)16-4-5-18-10(6-13)7-16/h10H,4-5,7H2,1-3H3. The van der Waals surface area contributed by atoms with Crippen LogP contribution in [-0.2, 0) is 11.8 Å². The summed E-state index contributed by atoms with van der Waals surface area (Å²) in [5.74, 6) is -0.0679. The number of amides is 1. The quantitative estimate of drug-likeness (QED) is 0.721. The molecular weight excluding hydrogens is 232 g/mol. The molecule has 1 aliphatic heterocycles. The molecule has 1 aromatic heterocycles. The topological polar surface area (TPSA) is 71.2 Å². The van der Waals surface area contributed by atoms with Crippen LogP contribution in [0.15, 0.2) is 0 Å². The summed E-state index contributed by atoms with van der Waals surface area (Å²) in [5.41, 5.74) is 2.20. The zero-order chi connectivity index (χ0) is 13.3. The summed E-state index contributed by atoms with van der Waals surface area (Å²) < 4.78 is 6.93. The van der Waals surface area contributed by atoms with Gasteiger partial charge >= 0.3 is 0 Å². The van der Waals surface area contributed by atoms with Crippen molar-refractivity contribution < 1.29 is 9.53 Å². The fourth-order valence-electron chi connectivity index (χ4n) is 2.15. The van der Waals surface area contributed by atoms with Crippen LogP contribution in [0.2, 0.25) is 0 Å². The van der Waals surface area contributed by atoms with Gasteiger partial charge in [0.2, 0.25) is 0 Å². The lowest BCUT2D eigenvalue weighted by Crippen LogP contribution is -2.45. The fourth-order valence-corrected chi connectivity index (χ4v) is 2.15. The number of ether oxygens (including phenoxy) is 1. The number of rotatable bonds is 1. The van der Waals surface area contributed by atoms with E-state index in [9.17, 15) is 4.79 Å². The minimum atomic E-state index is -0.528. The van der Waals surface area contributed by atoms with Crippen LogP contribution >= 0.6 is 0 Å². The Morgan fingerprint density at radius 2 is 2.28 bits per heavy atom. The van der Waals surface area contributed by atoms with E-state index in [1.807, 2.05) is 27.0 Å². The Labute approximate surface area is 106 Å². The van der Waals surface area contributed by atoms with Gasteiger partial charge in [0.25, 0.3) is 5.91 Å². The number of aromatic nitrogens is 2. The van der Waals surface area contributed by atoms with E-state index < -0.39 is 6.10 Å². The summed E-state index contributed by atoms with van der Waals surface area (Å²) in [4.78, 5) is 14.1. The summed E-state index contributed by atoms with van der Waals surface area (Å²) in [7, 11) is 1.82. The van der Waals surface area contributed by atoms with Gasteiger partial charge in [0.15, 0.2) is 6.10 Å². The van der Waals surface area contributed by atoms with Crippen molar-refractivity contribution in [3.05, 3.63) is 17.0 Å². The maximum absolute atomic E-state index is 12.4. The molecule has 1 aromatic rings. The molecule has 0 aromatic carbocycles. The predicted molar refractivity (Wildman–Crippen MR) is 63.9 cm³/mol. The highest BCUT2D eigenvalue weighted by atomic mass is 16.5. The van der Waals surface area contributed by atoms with Gasteiger partial charge in [0, 0.05) is 19.3 Å². The molecule has 1 saturated heterocycles. The zero-order valence-corrected chi connectivity index (χ0v) is 10.8. The molecule has 0 aliphatic carbocycles. The molecule has 2 rings (SSSR count). The number of carbonyl (C=O) groups is 1. The number of hydrogen-bond donors (Lipinski definition) is 0. The first-order valence-electron chi connectivity index (χ1n) is 5.85. The second-order valence-corrected chi connectivity index (χ2v) is 4.41. The molecule has 1 aliphatic rings. The minimum Gasteiger partial charge on any atom is -0.360 e. The predicted octanol–water partition coefficient (Wildman–Crippen LogP) is 0.402. The van der Waals surface area contributed by atoms with E-state index in [4.69, 9.17) is 10.00 Å². The molecular formula is C12H16N4O2. The highest BCUT2D eigenvalue weighted by molar-refractivity contribution is 5.96. The summed E-state index contributed by atoms with van der Waals surface area (Å²) in [6, 6.07) is 2.04. The van der Waals surface area contributed by atoms with Crippen LogP contribution < -0.4 is 0 Å². The third-order valence-electron chi connectivity index (χ3n) is 3.22. The Kier molecular flexibility index (Phi) is 3.34. The fraction of sp³-hybridized carbons (Fsp3) is 0.583. The number of morpholine rings is 1. The lowest BCUT2D eigenvalue weighted by Gasteiger charge is -2.29. The highest BCUT2D eigenvalue weighted by Gasteiger charge is 2.28. The first-order valence-corrected chi connectivity index (χ1v) is 5.85. The summed E-state index contributed by atoms with van der Waals surface area (Å²) in [5, 5.41) is 13.1. The molecule has 1 unspecified atom stereocenters. The van der Waals surface area contributed by atoms with Gasteiger partial charge in [0.05, 0.1) is 30.5 Å². The normalized spacial score (nSPS) is 19.7. The number of nitrogens with zero attached hydrogens (tertiary/aromatic N) is 4. The highest BCUT2D eigenvalue weighted by Crippen LogP contribution is 2.16. The molecule has 2 heterocycles. The lowest BCUT2D eigenvalue weighted by atomic mass is 10.1. The molecule has 0 bridgehead atoms. The molecule has 1 fully saturated rings. The van der Waals surface area contributed by atoms with E-state index in [-0.39, 0.29) is 5.91 Å². The van der Waals surface area contributed by atoms with Gasteiger partial charge in [-0.2, -0.15) is 10.4 Å². The summed E-state index contributed by atoms with van der Waals surface area (Å²) >= 11 is 0. The van der Waals surface area contributed by atoms with Crippen molar-refractivity contribution in [3.63, 3.8) is 0 Å². The van der Waals surface area contributed by atoms with Gasteiger partial charge in [-0.25, -0.2) is 0 Å². The van der Waals surface area contributed by atoms with Crippen molar-refractivity contribution in [1.29, 1.82) is 5.26 Å². The molecule has 6 heteroatoms. The van der Waals surface area contributed by atoms with Gasteiger partial charge in [-0.05, 0) is 13.8 Å². The Morgan fingerprint density at radius 3 is 2.83 bits per heavy atom. The Hall–Kier alpha value is -1.87. The van der Waals surface area contributed by atoms with Crippen LogP contribution in [0.4, 0.5) is 0 Å². The van der Waals surface area contributed by atoms with Crippen molar-refractivity contribution in [1.82, 2.24) is 14.7 Å². The minimum absolute atomic E-state index is 0.0679. The number of nitriles is 1. The van der Waals surface area contributed by atoms with Crippen molar-refractivity contribution in [2.75, 3.05) is 19.7 Å². The molecule has 0 saturated carbocycles.